The number of hydrogen-bond acceptors (Lipinski definition) is 8. The van der Waals surface area contributed by atoms with Crippen LogP contribution in [0.4, 0.5) is 0 Å². The average Bonchev–Trinajstić information content (AvgIpc) is 2.65. The predicted octanol–water partition coefficient (Wildman–Crippen LogP) is 2.81. The molecule has 8 heteroatoms. The van der Waals surface area contributed by atoms with Gasteiger partial charge in [0.25, 0.3) is 0 Å². The van der Waals surface area contributed by atoms with Crippen LogP contribution in [0.25, 0.3) is 0 Å². The molecule has 8 nitrogen and oxygen atoms in total. The van der Waals surface area contributed by atoms with Crippen molar-refractivity contribution >= 4 is 5.78 Å². The van der Waals surface area contributed by atoms with Gasteiger partial charge in [0.2, 0.25) is 5.78 Å². The molecule has 1 heterocycles. The van der Waals surface area contributed by atoms with Gasteiger partial charge in [-0.1, -0.05) is 6.07 Å². The van der Waals surface area contributed by atoms with E-state index < -0.39 is 29.5 Å². The van der Waals surface area contributed by atoms with Crippen molar-refractivity contribution < 1.29 is 35.1 Å². The number of rotatable bonds is 5. The Bertz CT molecular complexity index is 962. The molecule has 0 amide bonds. The summed E-state index contributed by atoms with van der Waals surface area (Å²) >= 11 is 0. The van der Waals surface area contributed by atoms with Crippen LogP contribution in [0.1, 0.15) is 55.3 Å². The maximum absolute atomic E-state index is 12.9. The lowest BCUT2D eigenvalue weighted by molar-refractivity contribution is 0.0209. The second-order valence-corrected chi connectivity index (χ2v) is 8.05. The highest BCUT2D eigenvalue weighted by molar-refractivity contribution is 6.06. The van der Waals surface area contributed by atoms with Crippen molar-refractivity contribution in [1.82, 2.24) is 4.90 Å². The van der Waals surface area contributed by atoms with Crippen LogP contribution >= 0.6 is 0 Å². The first kappa shape index (κ1) is 21.7. The van der Waals surface area contributed by atoms with E-state index in [1.54, 1.807) is 0 Å². The van der Waals surface area contributed by atoms with E-state index in [-0.39, 0.29) is 52.6 Å². The quantitative estimate of drug-likeness (QED) is 0.470. The van der Waals surface area contributed by atoms with E-state index in [2.05, 4.69) is 0 Å². The zero-order chi connectivity index (χ0) is 22.3. The molecule has 0 bridgehead atoms. The normalized spacial score (nSPS) is 18.7. The molecule has 0 aromatic heterocycles. The summed E-state index contributed by atoms with van der Waals surface area (Å²) in [6, 6.07) is 5.30. The Morgan fingerprint density at radius 2 is 1.60 bits per heavy atom. The molecule has 0 saturated carbocycles. The van der Waals surface area contributed by atoms with E-state index in [0.29, 0.717) is 0 Å². The van der Waals surface area contributed by atoms with Gasteiger partial charge in [-0.05, 0) is 45.4 Å². The lowest BCUT2D eigenvalue weighted by Crippen LogP contribution is -2.37. The Kier molecular flexibility index (Phi) is 5.83. The molecule has 0 aliphatic carbocycles. The Morgan fingerprint density at radius 1 is 0.967 bits per heavy atom. The highest BCUT2D eigenvalue weighted by Gasteiger charge is 2.40. The second-order valence-electron chi connectivity index (χ2n) is 8.05. The first-order valence-electron chi connectivity index (χ1n) is 9.77. The van der Waals surface area contributed by atoms with Gasteiger partial charge in [-0.3, -0.25) is 9.69 Å². The number of Topliss-reactive ketones (excluding diaryl/α,β-unsaturated/α-hetero) is 1. The molecule has 1 aliphatic rings. The molecule has 2 atom stereocenters. The van der Waals surface area contributed by atoms with E-state index in [4.69, 9.17) is 4.74 Å². The fraction of sp³-hybridized carbons (Fsp3) is 0.409. The largest absolute Gasteiger partial charge is 0.507 e. The number of aromatic hydroxyl groups is 4. The zero-order valence-electron chi connectivity index (χ0n) is 17.3. The first-order chi connectivity index (χ1) is 14.0. The highest BCUT2D eigenvalue weighted by atomic mass is 16.5. The first-order valence-corrected chi connectivity index (χ1v) is 9.77. The topological polar surface area (TPSA) is 131 Å². The maximum Gasteiger partial charge on any atom is 0.202 e. The number of carbonyl (C=O) groups is 1. The summed E-state index contributed by atoms with van der Waals surface area (Å²) in [5.74, 6) is -2.25. The summed E-state index contributed by atoms with van der Waals surface area (Å²) < 4.78 is 5.71. The highest BCUT2D eigenvalue weighted by Crippen LogP contribution is 2.45. The van der Waals surface area contributed by atoms with Gasteiger partial charge < -0.3 is 30.3 Å². The van der Waals surface area contributed by atoms with Gasteiger partial charge in [-0.25, -0.2) is 0 Å². The number of phenols is 4. The second kappa shape index (κ2) is 8.04. The van der Waals surface area contributed by atoms with Crippen molar-refractivity contribution in [3.05, 3.63) is 41.0 Å². The Morgan fingerprint density at radius 3 is 2.17 bits per heavy atom. The van der Waals surface area contributed by atoms with E-state index in [1.165, 1.54) is 24.3 Å². The van der Waals surface area contributed by atoms with Gasteiger partial charge in [-0.2, -0.15) is 0 Å². The van der Waals surface area contributed by atoms with Crippen molar-refractivity contribution in [3.63, 3.8) is 0 Å². The third kappa shape index (κ3) is 3.76. The predicted molar refractivity (Wildman–Crippen MR) is 109 cm³/mol. The van der Waals surface area contributed by atoms with Crippen molar-refractivity contribution in [2.75, 3.05) is 0 Å². The summed E-state index contributed by atoms with van der Waals surface area (Å²) in [5, 5.41) is 51.1. The van der Waals surface area contributed by atoms with E-state index >= 15 is 0 Å². The maximum atomic E-state index is 12.9. The molecule has 0 saturated heterocycles. The fourth-order valence-corrected chi connectivity index (χ4v) is 3.76. The van der Waals surface area contributed by atoms with Crippen LogP contribution in [-0.2, 0) is 6.54 Å². The molecule has 5 N–H and O–H groups in total. The molecule has 30 heavy (non-hydrogen) atoms. The SMILES string of the molecule is CC(C)N(Cc1c(O)cc2c(c1O)C(=O)C(O)C(c1ccc(O)c(O)c1)O2)C(C)C. The molecule has 2 unspecified atom stereocenters. The van der Waals surface area contributed by atoms with Gasteiger partial charge in [0.1, 0.15) is 22.8 Å². The van der Waals surface area contributed by atoms with Crippen LogP contribution < -0.4 is 4.74 Å². The summed E-state index contributed by atoms with van der Waals surface area (Å²) in [7, 11) is 0. The molecule has 0 spiro atoms. The average molecular weight is 417 g/mol. The Labute approximate surface area is 174 Å². The number of carbonyl (C=O) groups excluding carboxylic acids is 1. The molecular formula is C22H27NO7. The van der Waals surface area contributed by atoms with Gasteiger partial charge in [-0.15, -0.1) is 0 Å². The number of phenolic OH excluding ortho intramolecular Hbond substituents is 4. The minimum atomic E-state index is -1.64. The minimum Gasteiger partial charge on any atom is -0.507 e. The minimum absolute atomic E-state index is 0.0674. The summed E-state index contributed by atoms with van der Waals surface area (Å²) in [5.41, 5.74) is 0.244. The van der Waals surface area contributed by atoms with Crippen molar-refractivity contribution in [2.45, 2.75) is 58.5 Å². The number of nitrogens with zero attached hydrogens (tertiary/aromatic N) is 1. The molecule has 1 aliphatic heterocycles. The standard InChI is InChI=1S/C22H27NO7/c1-10(2)23(11(3)4)9-13-15(25)8-17-18(19(13)27)20(28)21(29)22(30-17)12-5-6-14(24)16(26)7-12/h5-8,10-11,21-22,24-27,29H,9H2,1-4H3. The van der Waals surface area contributed by atoms with Crippen LogP contribution in [0.3, 0.4) is 0 Å². The summed E-state index contributed by atoms with van der Waals surface area (Å²) in [6.45, 7) is 8.16. The molecule has 162 valence electrons. The third-order valence-electron chi connectivity index (χ3n) is 5.40. The van der Waals surface area contributed by atoms with Gasteiger partial charge >= 0.3 is 0 Å². The summed E-state index contributed by atoms with van der Waals surface area (Å²) in [4.78, 5) is 14.9. The number of aliphatic hydroxyl groups is 1. The summed E-state index contributed by atoms with van der Waals surface area (Å²) in [6.07, 6.45) is -2.82. The number of fused-ring (bicyclic) bond motifs is 1. The Balaban J connectivity index is 2.03. The van der Waals surface area contributed by atoms with Crippen LogP contribution in [0, 0.1) is 0 Å². The number of aliphatic hydroxyl groups excluding tert-OH is 1. The number of hydrogen-bond donors (Lipinski definition) is 5. The van der Waals surface area contributed by atoms with Gasteiger partial charge in [0, 0.05) is 24.7 Å². The van der Waals surface area contributed by atoms with Crippen LogP contribution in [0.15, 0.2) is 24.3 Å². The number of ketones is 1. The van der Waals surface area contributed by atoms with Crippen molar-refractivity contribution in [1.29, 1.82) is 0 Å². The van der Waals surface area contributed by atoms with Crippen LogP contribution in [0.5, 0.6) is 28.7 Å². The molecule has 3 rings (SSSR count). The molecule has 0 radical (unpaired) electrons. The lowest BCUT2D eigenvalue weighted by atomic mass is 9.91. The third-order valence-corrected chi connectivity index (χ3v) is 5.40. The smallest absolute Gasteiger partial charge is 0.202 e. The molecule has 2 aromatic rings. The zero-order valence-corrected chi connectivity index (χ0v) is 17.3. The Hall–Kier alpha value is -2.97. The fourth-order valence-electron chi connectivity index (χ4n) is 3.76. The van der Waals surface area contributed by atoms with Crippen molar-refractivity contribution in [2.24, 2.45) is 0 Å². The monoisotopic (exact) mass is 417 g/mol. The number of ether oxygens (including phenoxy) is 1. The molecule has 0 fully saturated rings. The van der Waals surface area contributed by atoms with E-state index in [1.807, 2.05) is 32.6 Å². The molecular weight excluding hydrogens is 390 g/mol. The lowest BCUT2D eigenvalue weighted by Gasteiger charge is -2.33. The van der Waals surface area contributed by atoms with E-state index in [0.717, 1.165) is 0 Å². The van der Waals surface area contributed by atoms with Crippen LogP contribution in [0.2, 0.25) is 0 Å². The van der Waals surface area contributed by atoms with Gasteiger partial charge in [0.15, 0.2) is 23.7 Å². The number of benzene rings is 2. The molecule has 2 aromatic carbocycles. The van der Waals surface area contributed by atoms with Gasteiger partial charge in [0.05, 0.1) is 5.56 Å². The van der Waals surface area contributed by atoms with Crippen LogP contribution in [-0.4, -0.2) is 54.4 Å². The van der Waals surface area contributed by atoms with E-state index in [9.17, 15) is 30.3 Å². The van der Waals surface area contributed by atoms with Crippen molar-refractivity contribution in [3.8, 4) is 28.7 Å².